The summed E-state index contributed by atoms with van der Waals surface area (Å²) in [5.74, 6) is 3.03. The van der Waals surface area contributed by atoms with Crippen LogP contribution in [-0.2, 0) is 0 Å². The molecule has 2 unspecified atom stereocenters. The average molecular weight is 393 g/mol. The van der Waals surface area contributed by atoms with Crippen molar-refractivity contribution in [1.29, 1.82) is 0 Å². The molecule has 0 amide bonds. The third-order valence-corrected chi connectivity index (χ3v) is 8.16. The summed E-state index contributed by atoms with van der Waals surface area (Å²) in [6, 6.07) is 0. The third kappa shape index (κ3) is 10.2. The second kappa shape index (κ2) is 15.8. The number of unbranched alkanes of at least 4 members (excludes halogenated alkanes) is 5. The fraction of sp³-hybridized carbons (Fsp3) is 1.00. The normalized spacial score (nSPS) is 25.0. The molecule has 0 aromatic rings. The van der Waals surface area contributed by atoms with Gasteiger partial charge in [0.15, 0.2) is 0 Å². The molecule has 28 heavy (non-hydrogen) atoms. The standard InChI is InChI=1S/C28H56/c1-6-11-14-15-18-27-19-21-28(22-20-27,23-25(9-4)16-12-7-2)24-26(10-5)17-13-8-3/h25-27H,6-24H2,1-5H3. The van der Waals surface area contributed by atoms with Gasteiger partial charge in [-0.05, 0) is 61.7 Å². The zero-order chi connectivity index (χ0) is 20.7. The Morgan fingerprint density at radius 1 is 0.643 bits per heavy atom. The minimum atomic E-state index is 0.697. The van der Waals surface area contributed by atoms with Crippen LogP contribution in [0.4, 0.5) is 0 Å². The molecule has 0 nitrogen and oxygen atoms in total. The summed E-state index contributed by atoms with van der Waals surface area (Å²) in [4.78, 5) is 0. The molecule has 1 aliphatic carbocycles. The van der Waals surface area contributed by atoms with Crippen LogP contribution >= 0.6 is 0 Å². The second-order valence-corrected chi connectivity index (χ2v) is 10.5. The first-order chi connectivity index (χ1) is 13.6. The molecule has 0 aromatic carbocycles. The van der Waals surface area contributed by atoms with Crippen LogP contribution in [0.25, 0.3) is 0 Å². The Hall–Kier alpha value is 0. The Balaban J connectivity index is 2.68. The monoisotopic (exact) mass is 392 g/mol. The maximum Gasteiger partial charge on any atom is -0.0292 e. The second-order valence-electron chi connectivity index (χ2n) is 10.5. The van der Waals surface area contributed by atoms with E-state index in [9.17, 15) is 0 Å². The Morgan fingerprint density at radius 2 is 1.14 bits per heavy atom. The van der Waals surface area contributed by atoms with Gasteiger partial charge in [0.05, 0.1) is 0 Å². The van der Waals surface area contributed by atoms with E-state index < -0.39 is 0 Å². The average Bonchev–Trinajstić information content (AvgIpc) is 2.73. The summed E-state index contributed by atoms with van der Waals surface area (Å²) < 4.78 is 0. The zero-order valence-electron chi connectivity index (χ0n) is 20.7. The topological polar surface area (TPSA) is 0 Å². The van der Waals surface area contributed by atoms with E-state index in [1.54, 1.807) is 38.5 Å². The van der Waals surface area contributed by atoms with Gasteiger partial charge in [0.1, 0.15) is 0 Å². The van der Waals surface area contributed by atoms with Crippen molar-refractivity contribution in [2.45, 2.75) is 157 Å². The lowest BCUT2D eigenvalue weighted by Gasteiger charge is -2.44. The van der Waals surface area contributed by atoms with Gasteiger partial charge in [-0.3, -0.25) is 0 Å². The van der Waals surface area contributed by atoms with Crippen molar-refractivity contribution in [2.75, 3.05) is 0 Å². The van der Waals surface area contributed by atoms with E-state index >= 15 is 0 Å². The van der Waals surface area contributed by atoms with E-state index in [0.717, 1.165) is 17.8 Å². The third-order valence-electron chi connectivity index (χ3n) is 8.16. The molecule has 0 spiro atoms. The Labute approximate surface area is 180 Å². The van der Waals surface area contributed by atoms with E-state index in [0.29, 0.717) is 5.41 Å². The van der Waals surface area contributed by atoms with Crippen LogP contribution in [0, 0.1) is 23.2 Å². The van der Waals surface area contributed by atoms with Gasteiger partial charge in [-0.2, -0.15) is 0 Å². The van der Waals surface area contributed by atoms with Gasteiger partial charge in [0, 0.05) is 0 Å². The summed E-state index contributed by atoms with van der Waals surface area (Å²) in [6.07, 6.45) is 28.0. The van der Waals surface area contributed by atoms with Crippen LogP contribution in [0.2, 0.25) is 0 Å². The lowest BCUT2D eigenvalue weighted by molar-refractivity contribution is 0.0705. The van der Waals surface area contributed by atoms with Crippen LogP contribution in [0.15, 0.2) is 0 Å². The van der Waals surface area contributed by atoms with Gasteiger partial charge in [0.25, 0.3) is 0 Å². The van der Waals surface area contributed by atoms with Gasteiger partial charge < -0.3 is 0 Å². The van der Waals surface area contributed by atoms with Crippen molar-refractivity contribution in [2.24, 2.45) is 23.2 Å². The quantitative estimate of drug-likeness (QED) is 0.216. The van der Waals surface area contributed by atoms with E-state index in [1.807, 2.05) is 0 Å². The van der Waals surface area contributed by atoms with Crippen molar-refractivity contribution >= 4 is 0 Å². The predicted octanol–water partition coefficient (Wildman–Crippen LogP) is 10.3. The van der Waals surface area contributed by atoms with Crippen LogP contribution in [0.1, 0.15) is 157 Å². The maximum absolute atomic E-state index is 2.46. The van der Waals surface area contributed by atoms with Crippen molar-refractivity contribution in [3.05, 3.63) is 0 Å². The molecule has 0 heteroatoms. The maximum atomic E-state index is 2.46. The van der Waals surface area contributed by atoms with E-state index in [1.165, 1.54) is 83.5 Å². The Bertz CT molecular complexity index is 316. The summed E-state index contributed by atoms with van der Waals surface area (Å²) >= 11 is 0. The summed E-state index contributed by atoms with van der Waals surface area (Å²) in [6.45, 7) is 12.0. The van der Waals surface area contributed by atoms with Crippen molar-refractivity contribution in [1.82, 2.24) is 0 Å². The largest absolute Gasteiger partial charge is 0.0654 e. The molecular formula is C28H56. The van der Waals surface area contributed by atoms with Gasteiger partial charge in [-0.1, -0.05) is 118 Å². The molecular weight excluding hydrogens is 336 g/mol. The molecule has 2 atom stereocenters. The summed E-state index contributed by atoms with van der Waals surface area (Å²) in [5, 5.41) is 0. The summed E-state index contributed by atoms with van der Waals surface area (Å²) in [5.41, 5.74) is 0.697. The van der Waals surface area contributed by atoms with Gasteiger partial charge in [-0.15, -0.1) is 0 Å². The van der Waals surface area contributed by atoms with E-state index in [4.69, 9.17) is 0 Å². The molecule has 0 radical (unpaired) electrons. The number of hydrogen-bond acceptors (Lipinski definition) is 0. The van der Waals surface area contributed by atoms with E-state index in [-0.39, 0.29) is 0 Å². The van der Waals surface area contributed by atoms with Crippen molar-refractivity contribution in [3.8, 4) is 0 Å². The molecule has 0 saturated heterocycles. The molecule has 0 bridgehead atoms. The first-order valence-electron chi connectivity index (χ1n) is 13.6. The molecule has 1 saturated carbocycles. The molecule has 168 valence electrons. The highest BCUT2D eigenvalue weighted by Gasteiger charge is 2.37. The molecule has 0 N–H and O–H groups in total. The molecule has 0 heterocycles. The highest BCUT2D eigenvalue weighted by atomic mass is 14.4. The number of hydrogen-bond donors (Lipinski definition) is 0. The lowest BCUT2D eigenvalue weighted by Crippen LogP contribution is -2.32. The van der Waals surface area contributed by atoms with Gasteiger partial charge in [-0.25, -0.2) is 0 Å². The smallest absolute Gasteiger partial charge is 0.0292 e. The van der Waals surface area contributed by atoms with Gasteiger partial charge in [0.2, 0.25) is 0 Å². The van der Waals surface area contributed by atoms with Crippen molar-refractivity contribution in [3.63, 3.8) is 0 Å². The van der Waals surface area contributed by atoms with Crippen LogP contribution in [0.5, 0.6) is 0 Å². The fourth-order valence-electron chi connectivity index (χ4n) is 6.04. The minimum Gasteiger partial charge on any atom is -0.0654 e. The van der Waals surface area contributed by atoms with E-state index in [2.05, 4.69) is 34.6 Å². The first kappa shape index (κ1) is 26.0. The Morgan fingerprint density at radius 3 is 1.57 bits per heavy atom. The zero-order valence-corrected chi connectivity index (χ0v) is 20.7. The Kier molecular flexibility index (Phi) is 14.7. The molecule has 1 rings (SSSR count). The molecule has 0 aliphatic heterocycles. The first-order valence-corrected chi connectivity index (χ1v) is 13.6. The fourth-order valence-corrected chi connectivity index (χ4v) is 6.04. The summed E-state index contributed by atoms with van der Waals surface area (Å²) in [7, 11) is 0. The lowest BCUT2D eigenvalue weighted by atomic mass is 9.61. The predicted molar refractivity (Wildman–Crippen MR) is 129 cm³/mol. The molecule has 0 aromatic heterocycles. The van der Waals surface area contributed by atoms with Crippen LogP contribution in [0.3, 0.4) is 0 Å². The SMILES string of the molecule is CCCCCCC1CCC(CC(CC)CCCC)(CC(CC)CCCC)CC1. The van der Waals surface area contributed by atoms with Crippen LogP contribution < -0.4 is 0 Å². The van der Waals surface area contributed by atoms with Crippen molar-refractivity contribution < 1.29 is 0 Å². The molecule has 1 fully saturated rings. The minimum absolute atomic E-state index is 0.697. The highest BCUT2D eigenvalue weighted by molar-refractivity contribution is 4.89. The van der Waals surface area contributed by atoms with Gasteiger partial charge >= 0.3 is 0 Å². The highest BCUT2D eigenvalue weighted by Crippen LogP contribution is 2.50. The molecule has 1 aliphatic rings. The number of rotatable bonds is 17. The van der Waals surface area contributed by atoms with Crippen LogP contribution in [-0.4, -0.2) is 0 Å².